The fraction of sp³-hybridized carbons (Fsp3) is 0.444. The van der Waals surface area contributed by atoms with Crippen molar-refractivity contribution in [1.82, 2.24) is 20.3 Å². The predicted molar refractivity (Wildman–Crippen MR) is 92.5 cm³/mol. The van der Waals surface area contributed by atoms with E-state index in [-0.39, 0.29) is 17.9 Å². The number of ketones is 1. The number of nitrogens with zero attached hydrogens (tertiary/aromatic N) is 3. The molecule has 3 rings (SSSR count). The molecule has 0 saturated carbocycles. The lowest BCUT2D eigenvalue weighted by atomic mass is 9.80. The van der Waals surface area contributed by atoms with Crippen molar-refractivity contribution in [3.05, 3.63) is 42.0 Å². The molecule has 3 heterocycles. The summed E-state index contributed by atoms with van der Waals surface area (Å²) >= 11 is 0. The summed E-state index contributed by atoms with van der Waals surface area (Å²) in [6.07, 6.45) is -1.71. The van der Waals surface area contributed by atoms with Gasteiger partial charge in [-0.15, -0.1) is 0 Å². The summed E-state index contributed by atoms with van der Waals surface area (Å²) in [6.45, 7) is -0.544. The molecule has 0 amide bonds. The number of rotatable bonds is 5. The van der Waals surface area contributed by atoms with Crippen LogP contribution in [0, 0.1) is 12.8 Å². The summed E-state index contributed by atoms with van der Waals surface area (Å²) in [5.74, 6) is -1.90. The van der Waals surface area contributed by atoms with E-state index in [0.29, 0.717) is 11.0 Å². The summed E-state index contributed by atoms with van der Waals surface area (Å²) in [6, 6.07) is 4.62. The third kappa shape index (κ3) is 3.07. The van der Waals surface area contributed by atoms with Gasteiger partial charge in [0, 0.05) is 37.0 Å². The number of carbonyl (C=O) groups excluding carboxylic acids is 1. The van der Waals surface area contributed by atoms with Gasteiger partial charge in [-0.05, 0) is 50.4 Å². The maximum Gasteiger partial charge on any atom is 0.203 e. The highest BCUT2D eigenvalue weighted by Gasteiger charge is 2.41. The third-order valence-electron chi connectivity index (χ3n) is 3.74. The highest BCUT2D eigenvalue weighted by molar-refractivity contribution is 6.06. The van der Waals surface area contributed by atoms with Crippen LogP contribution in [0.3, 0.4) is 0 Å². The molecule has 24 heavy (non-hydrogen) atoms. The van der Waals surface area contributed by atoms with Crippen molar-refractivity contribution < 1.29 is 15.9 Å². The summed E-state index contributed by atoms with van der Waals surface area (Å²) in [5.41, 5.74) is -3.43. The molecule has 0 bridgehead atoms. The molecular formula is C18H23N5O. The Bertz CT molecular complexity index is 1010. The number of hydrogen-bond donors (Lipinski definition) is 2. The summed E-state index contributed by atoms with van der Waals surface area (Å²) in [7, 11) is 0. The molecule has 0 spiro atoms. The molecule has 3 N–H and O–H groups in total. The molecule has 2 aromatic rings. The maximum absolute atomic E-state index is 14.1. The van der Waals surface area contributed by atoms with Crippen LogP contribution in [0.15, 0.2) is 30.6 Å². The first-order chi connectivity index (χ1) is 14.8. The molecule has 1 fully saturated rings. The van der Waals surface area contributed by atoms with Crippen LogP contribution in [-0.2, 0) is 0 Å². The number of pyridine rings is 1. The lowest BCUT2D eigenvalue weighted by molar-refractivity contribution is 0.0796. The van der Waals surface area contributed by atoms with Crippen LogP contribution in [0.5, 0.6) is 0 Å². The first-order valence-electron chi connectivity index (χ1n) is 11.5. The minimum absolute atomic E-state index is 0.0800. The quantitative estimate of drug-likeness (QED) is 0.810. The molecule has 1 aliphatic heterocycles. The molecule has 1 saturated heterocycles. The van der Waals surface area contributed by atoms with E-state index < -0.39 is 47.9 Å². The highest BCUT2D eigenvalue weighted by atomic mass is 16.1. The van der Waals surface area contributed by atoms with Crippen molar-refractivity contribution in [3.63, 3.8) is 0 Å². The molecule has 1 aliphatic rings. The van der Waals surface area contributed by atoms with Crippen LogP contribution >= 0.6 is 0 Å². The first kappa shape index (κ1) is 9.34. The average molecular weight is 333 g/mol. The van der Waals surface area contributed by atoms with Crippen LogP contribution < -0.4 is 11.0 Å². The number of piperidine rings is 1. The van der Waals surface area contributed by atoms with Gasteiger partial charge in [0.15, 0.2) is 5.82 Å². The second-order valence-electron chi connectivity index (χ2n) is 5.70. The number of nitrogens with one attached hydrogen (secondary N) is 1. The van der Waals surface area contributed by atoms with Crippen molar-refractivity contribution in [3.8, 4) is 11.4 Å². The van der Waals surface area contributed by atoms with Gasteiger partial charge in [-0.25, -0.2) is 15.0 Å². The van der Waals surface area contributed by atoms with Crippen molar-refractivity contribution >= 4 is 5.78 Å². The third-order valence-corrected chi connectivity index (χ3v) is 3.74. The van der Waals surface area contributed by atoms with Crippen LogP contribution in [0.2, 0.25) is 4.24 Å². The van der Waals surface area contributed by atoms with Crippen LogP contribution in [-0.4, -0.2) is 39.3 Å². The second kappa shape index (κ2) is 6.75. The zero-order chi connectivity index (χ0) is 24.1. The molecule has 0 aliphatic carbocycles. The predicted octanol–water partition coefficient (Wildman–Crippen LogP) is 1.75. The van der Waals surface area contributed by atoms with Gasteiger partial charge >= 0.3 is 0 Å². The van der Waals surface area contributed by atoms with E-state index in [9.17, 15) is 4.79 Å². The van der Waals surface area contributed by atoms with E-state index in [2.05, 4.69) is 15.0 Å². The van der Waals surface area contributed by atoms with Gasteiger partial charge in [0.05, 0.1) is 5.54 Å². The average Bonchev–Trinajstić information content (AvgIpc) is 2.72. The highest BCUT2D eigenvalue weighted by Crippen LogP contribution is 2.29. The Labute approximate surface area is 153 Å². The van der Waals surface area contributed by atoms with Gasteiger partial charge in [0.25, 0.3) is 0 Å². The minimum atomic E-state index is -3.32. The van der Waals surface area contributed by atoms with Crippen molar-refractivity contribution in [1.29, 1.82) is 0 Å². The van der Waals surface area contributed by atoms with Crippen molar-refractivity contribution in [2.24, 2.45) is 11.6 Å². The maximum atomic E-state index is 14.1. The van der Waals surface area contributed by atoms with Gasteiger partial charge in [0.1, 0.15) is 9.93 Å². The lowest BCUT2D eigenvalue weighted by Gasteiger charge is -2.38. The number of nitrogens with two attached hydrogens (primary N) is 1. The van der Waals surface area contributed by atoms with E-state index >= 15 is 0 Å². The number of Topliss-reactive ketones (excluding diaryl/α,β-unsaturated/α-hetero) is 1. The van der Waals surface area contributed by atoms with Crippen molar-refractivity contribution in [2.75, 3.05) is 13.0 Å². The van der Waals surface area contributed by atoms with Crippen LogP contribution in [0.25, 0.3) is 11.4 Å². The van der Waals surface area contributed by atoms with Crippen molar-refractivity contribution in [2.45, 2.75) is 32.2 Å². The Hall–Kier alpha value is -2.18. The topological polar surface area (TPSA) is 93.8 Å². The molecule has 6 heteroatoms. The number of hydrogen-bond acceptors (Lipinski definition) is 6. The molecule has 6 nitrogen and oxygen atoms in total. The SMILES string of the molecule is [2H]C1[C@H](C)CN([2H])[C@](C(=O)c2nc(C)ccc2-c2ncccn2)(C([2H])([2H])N([2H])[2H])C1([2H])[2H]. The molecule has 0 radical (unpaired) electrons. The zero-order valence-corrected chi connectivity index (χ0v) is 13.4. The van der Waals surface area contributed by atoms with Crippen LogP contribution in [0.4, 0.5) is 0 Å². The largest absolute Gasteiger partial charge is 0.328 e. The lowest BCUT2D eigenvalue weighted by Crippen LogP contribution is -2.61. The van der Waals surface area contributed by atoms with E-state index in [4.69, 9.17) is 11.1 Å². The first-order valence-corrected chi connectivity index (χ1v) is 7.56. The Kier molecular flexibility index (Phi) is 2.63. The standard InChI is InChI=1S/C18H23N5O/c1-12-6-7-18(11-19,22-10-12)16(24)15-14(5-4-13(2)23-15)17-20-8-3-9-21-17/h3-5,8-9,12,22H,6-7,10-11,19H2,1-2H3/t12-,18-/m0/s1/i6D,7D2,11D2/hD3/t6?,12-,18-. The summed E-state index contributed by atoms with van der Waals surface area (Å²) in [4.78, 5) is 26.5. The molecular weight excluding hydrogens is 302 g/mol. The Morgan fingerprint density at radius 3 is 3.12 bits per heavy atom. The van der Waals surface area contributed by atoms with Gasteiger partial charge < -0.3 is 11.0 Å². The van der Waals surface area contributed by atoms with Gasteiger partial charge in [-0.3, -0.25) is 4.79 Å². The van der Waals surface area contributed by atoms with Gasteiger partial charge in [-0.2, -0.15) is 0 Å². The molecule has 126 valence electrons. The summed E-state index contributed by atoms with van der Waals surface area (Å²) in [5, 5.41) is 0.431. The Morgan fingerprint density at radius 1 is 1.58 bits per heavy atom. The van der Waals surface area contributed by atoms with E-state index in [1.165, 1.54) is 25.4 Å². The Balaban J connectivity index is 2.37. The van der Waals surface area contributed by atoms with Gasteiger partial charge in [-0.1, -0.05) is 6.92 Å². The number of aryl methyl sites for hydroxylation is 1. The fourth-order valence-electron chi connectivity index (χ4n) is 2.42. The monoisotopic (exact) mass is 333 g/mol. The molecule has 0 aromatic carbocycles. The van der Waals surface area contributed by atoms with E-state index in [0.717, 1.165) is 0 Å². The smallest absolute Gasteiger partial charge is 0.203 e. The molecule has 2 aromatic heterocycles. The fourth-order valence-corrected chi connectivity index (χ4v) is 2.42. The number of carbonyl (C=O) groups is 1. The van der Waals surface area contributed by atoms with Crippen LogP contribution in [0.1, 0.15) is 42.7 Å². The van der Waals surface area contributed by atoms with E-state index in [1.54, 1.807) is 19.1 Å². The molecule has 3 atom stereocenters. The van der Waals surface area contributed by atoms with E-state index in [1.807, 2.05) is 0 Å². The summed E-state index contributed by atoms with van der Waals surface area (Å²) < 4.78 is 66.3. The number of aromatic nitrogens is 3. The normalized spacial score (nSPS) is 35.5. The molecule has 1 unspecified atom stereocenters. The second-order valence-corrected chi connectivity index (χ2v) is 5.70. The van der Waals surface area contributed by atoms with Gasteiger partial charge in [0.2, 0.25) is 5.78 Å². The minimum Gasteiger partial charge on any atom is -0.328 e. The Morgan fingerprint density at radius 2 is 2.38 bits per heavy atom. The zero-order valence-electron chi connectivity index (χ0n) is 21.4.